The van der Waals surface area contributed by atoms with Gasteiger partial charge in [-0.1, -0.05) is 13.8 Å². The molecule has 20 heavy (non-hydrogen) atoms. The lowest BCUT2D eigenvalue weighted by molar-refractivity contribution is -0.119. The van der Waals surface area contributed by atoms with Crippen LogP contribution in [0.4, 0.5) is 0 Å². The molecule has 0 spiro atoms. The molecule has 2 aliphatic rings. The third kappa shape index (κ3) is 2.22. The average Bonchev–Trinajstić information content (AvgIpc) is 3.07. The summed E-state index contributed by atoms with van der Waals surface area (Å²) in [4.78, 5) is 15.2. The predicted molar refractivity (Wildman–Crippen MR) is 76.5 cm³/mol. The van der Waals surface area contributed by atoms with E-state index in [1.54, 1.807) is 6.20 Å². The van der Waals surface area contributed by atoms with Gasteiger partial charge in [-0.25, -0.2) is 0 Å². The predicted octanol–water partition coefficient (Wildman–Crippen LogP) is 1.42. The van der Waals surface area contributed by atoms with E-state index in [2.05, 4.69) is 42.5 Å². The van der Waals surface area contributed by atoms with Gasteiger partial charge in [-0.3, -0.25) is 4.79 Å². The van der Waals surface area contributed by atoms with Crippen molar-refractivity contribution in [2.75, 3.05) is 0 Å². The van der Waals surface area contributed by atoms with Crippen molar-refractivity contribution in [3.05, 3.63) is 29.2 Å². The molecule has 5 heteroatoms. The molecule has 1 amide bonds. The van der Waals surface area contributed by atoms with Gasteiger partial charge in [0.25, 0.3) is 5.91 Å². The Morgan fingerprint density at radius 1 is 1.40 bits per heavy atom. The van der Waals surface area contributed by atoms with E-state index in [0.717, 1.165) is 17.3 Å². The van der Waals surface area contributed by atoms with E-state index in [4.69, 9.17) is 0 Å². The molecule has 4 N–H and O–H groups in total. The summed E-state index contributed by atoms with van der Waals surface area (Å²) >= 11 is 0. The highest BCUT2D eigenvalue weighted by molar-refractivity contribution is 6.19. The summed E-state index contributed by atoms with van der Waals surface area (Å²) in [5, 5.41) is 14.4. The van der Waals surface area contributed by atoms with E-state index < -0.39 is 6.35 Å². The number of aromatic amines is 1. The van der Waals surface area contributed by atoms with Crippen LogP contribution in [0.3, 0.4) is 0 Å². The monoisotopic (exact) mass is 275 g/mol. The molecular formula is C15H21N3O2. The lowest BCUT2D eigenvalue weighted by atomic mass is 10.0. The number of carbonyl (C=O) groups excluding carboxylic acids is 1. The van der Waals surface area contributed by atoms with Gasteiger partial charge in [0, 0.05) is 11.9 Å². The maximum Gasteiger partial charge on any atom is 0.258 e. The summed E-state index contributed by atoms with van der Waals surface area (Å²) in [6.07, 6.45) is 1.79. The van der Waals surface area contributed by atoms with Crippen LogP contribution in [0.1, 0.15) is 43.1 Å². The topological polar surface area (TPSA) is 77.2 Å². The molecule has 2 heterocycles. The van der Waals surface area contributed by atoms with E-state index in [1.165, 1.54) is 12.0 Å². The van der Waals surface area contributed by atoms with Gasteiger partial charge >= 0.3 is 0 Å². The van der Waals surface area contributed by atoms with Crippen molar-refractivity contribution >= 4 is 11.5 Å². The fraction of sp³-hybridized carbons (Fsp3) is 0.533. The van der Waals surface area contributed by atoms with Crippen molar-refractivity contribution in [3.63, 3.8) is 0 Å². The van der Waals surface area contributed by atoms with Gasteiger partial charge in [-0.15, -0.1) is 0 Å². The Morgan fingerprint density at radius 3 is 2.75 bits per heavy atom. The number of aryl methyl sites for hydroxylation is 1. The number of aliphatic hydroxyl groups is 1. The van der Waals surface area contributed by atoms with Crippen molar-refractivity contribution in [2.45, 2.75) is 39.5 Å². The zero-order chi connectivity index (χ0) is 14.4. The summed E-state index contributed by atoms with van der Waals surface area (Å²) in [6.45, 7) is 6.57. The van der Waals surface area contributed by atoms with Crippen molar-refractivity contribution in [1.29, 1.82) is 0 Å². The molecule has 0 bridgehead atoms. The van der Waals surface area contributed by atoms with Gasteiger partial charge < -0.3 is 20.7 Å². The molecule has 108 valence electrons. The zero-order valence-corrected chi connectivity index (χ0v) is 12.0. The molecule has 0 radical (unpaired) electrons. The minimum atomic E-state index is -1.00. The third-order valence-electron chi connectivity index (χ3n) is 4.34. The number of hydrogen-bond donors (Lipinski definition) is 4. The lowest BCUT2D eigenvalue weighted by Gasteiger charge is -2.19. The molecule has 1 aliphatic heterocycles. The van der Waals surface area contributed by atoms with Crippen LogP contribution in [0.2, 0.25) is 0 Å². The molecule has 0 aromatic carbocycles. The van der Waals surface area contributed by atoms with Crippen LogP contribution in [0, 0.1) is 18.8 Å². The van der Waals surface area contributed by atoms with Crippen LogP contribution in [0.15, 0.2) is 12.3 Å². The molecule has 5 nitrogen and oxygen atoms in total. The minimum Gasteiger partial charge on any atom is -0.358 e. The molecule has 1 saturated carbocycles. The van der Waals surface area contributed by atoms with Gasteiger partial charge in [0.05, 0.1) is 11.3 Å². The van der Waals surface area contributed by atoms with Crippen LogP contribution in [-0.2, 0) is 4.79 Å². The SMILES string of the molecule is Cc1[nH]c(C2=CNC(O)NC2=O)cc1C1CC1C(C)C. The quantitative estimate of drug-likeness (QED) is 0.674. The molecule has 1 aromatic heterocycles. The van der Waals surface area contributed by atoms with Crippen molar-refractivity contribution in [3.8, 4) is 0 Å². The number of rotatable bonds is 3. The summed E-state index contributed by atoms with van der Waals surface area (Å²) in [5.74, 6) is 1.81. The summed E-state index contributed by atoms with van der Waals surface area (Å²) in [7, 11) is 0. The molecule has 1 aliphatic carbocycles. The molecule has 3 atom stereocenters. The van der Waals surface area contributed by atoms with Crippen LogP contribution >= 0.6 is 0 Å². The van der Waals surface area contributed by atoms with Gasteiger partial charge in [-0.2, -0.15) is 0 Å². The zero-order valence-electron chi connectivity index (χ0n) is 12.0. The van der Waals surface area contributed by atoms with E-state index >= 15 is 0 Å². The average molecular weight is 275 g/mol. The lowest BCUT2D eigenvalue weighted by Crippen LogP contribution is -2.47. The van der Waals surface area contributed by atoms with Crippen LogP contribution < -0.4 is 10.6 Å². The number of H-pyrrole nitrogens is 1. The maximum atomic E-state index is 11.9. The van der Waals surface area contributed by atoms with Crippen molar-refractivity contribution in [1.82, 2.24) is 15.6 Å². The maximum absolute atomic E-state index is 11.9. The second-order valence-corrected chi connectivity index (χ2v) is 6.11. The van der Waals surface area contributed by atoms with Crippen LogP contribution in [-0.4, -0.2) is 22.3 Å². The first-order valence-corrected chi connectivity index (χ1v) is 7.12. The van der Waals surface area contributed by atoms with Gasteiger partial charge in [0.1, 0.15) is 0 Å². The van der Waals surface area contributed by atoms with Gasteiger partial charge in [0.15, 0.2) is 0 Å². The second-order valence-electron chi connectivity index (χ2n) is 6.11. The van der Waals surface area contributed by atoms with Crippen LogP contribution in [0.5, 0.6) is 0 Å². The van der Waals surface area contributed by atoms with E-state index in [0.29, 0.717) is 17.4 Å². The number of hydrogen-bond acceptors (Lipinski definition) is 3. The van der Waals surface area contributed by atoms with E-state index in [1.807, 2.05) is 0 Å². The summed E-state index contributed by atoms with van der Waals surface area (Å²) < 4.78 is 0. The highest BCUT2D eigenvalue weighted by Crippen LogP contribution is 2.52. The van der Waals surface area contributed by atoms with Gasteiger partial charge in [0.2, 0.25) is 6.35 Å². The molecular weight excluding hydrogens is 254 g/mol. The summed E-state index contributed by atoms with van der Waals surface area (Å²) in [5.41, 5.74) is 3.79. The Morgan fingerprint density at radius 2 is 2.15 bits per heavy atom. The second kappa shape index (κ2) is 4.66. The van der Waals surface area contributed by atoms with E-state index in [9.17, 15) is 9.90 Å². The number of carbonyl (C=O) groups is 1. The van der Waals surface area contributed by atoms with Crippen molar-refractivity contribution < 1.29 is 9.90 Å². The smallest absolute Gasteiger partial charge is 0.258 e. The number of amides is 1. The first kappa shape index (κ1) is 13.2. The third-order valence-corrected chi connectivity index (χ3v) is 4.34. The normalized spacial score (nSPS) is 28.9. The highest BCUT2D eigenvalue weighted by Gasteiger charge is 2.41. The largest absolute Gasteiger partial charge is 0.358 e. The van der Waals surface area contributed by atoms with E-state index in [-0.39, 0.29) is 5.91 Å². The molecule has 0 saturated heterocycles. The highest BCUT2D eigenvalue weighted by atomic mass is 16.3. The first-order valence-electron chi connectivity index (χ1n) is 7.12. The molecule has 1 fully saturated rings. The Hall–Kier alpha value is -1.75. The Labute approximate surface area is 118 Å². The number of aromatic nitrogens is 1. The Balaban J connectivity index is 1.85. The Bertz CT molecular complexity index is 574. The molecule has 1 aromatic rings. The fourth-order valence-electron chi connectivity index (χ4n) is 3.08. The molecule has 3 rings (SSSR count). The first-order chi connectivity index (χ1) is 9.47. The summed E-state index contributed by atoms with van der Waals surface area (Å²) in [6, 6.07) is 2.08. The fourth-order valence-corrected chi connectivity index (χ4v) is 3.08. The van der Waals surface area contributed by atoms with Gasteiger partial charge in [-0.05, 0) is 42.7 Å². The Kier molecular flexibility index (Phi) is 3.09. The minimum absolute atomic E-state index is 0.264. The number of aliphatic hydroxyl groups excluding tert-OH is 1. The van der Waals surface area contributed by atoms with Crippen molar-refractivity contribution in [2.24, 2.45) is 11.8 Å². The molecule has 3 unspecified atom stereocenters. The van der Waals surface area contributed by atoms with Crippen LogP contribution in [0.25, 0.3) is 5.57 Å². The number of nitrogens with one attached hydrogen (secondary N) is 3. The standard InChI is InChI=1S/C15H21N3O2/c1-7(2)9-4-11(9)10-5-13(17-8(10)3)12-6-16-15(20)18-14(12)19/h5-7,9,11,15-17,20H,4H2,1-3H3,(H,18,19).